The Hall–Kier alpha value is -2.57. The third kappa shape index (κ3) is 3.91. The molecule has 0 radical (unpaired) electrons. The topological polar surface area (TPSA) is 63.1 Å². The normalized spacial score (nSPS) is 11.2. The van der Waals surface area contributed by atoms with E-state index in [9.17, 15) is 4.79 Å². The fraction of sp³-hybridized carbons (Fsp3) is 0.150. The molecule has 0 atom stereocenters. The van der Waals surface area contributed by atoms with E-state index in [1.165, 1.54) is 10.1 Å². The first-order chi connectivity index (χ1) is 13.1. The number of halogens is 1. The fourth-order valence-electron chi connectivity index (χ4n) is 2.88. The fourth-order valence-corrected chi connectivity index (χ4v) is 3.89. The van der Waals surface area contributed by atoms with Gasteiger partial charge < -0.3 is 0 Å². The number of hydrogen-bond donors (Lipinski definition) is 1. The average molecular weight is 397 g/mol. The first-order valence-electron chi connectivity index (χ1n) is 8.49. The Morgan fingerprint density at radius 2 is 1.85 bits per heavy atom. The summed E-state index contributed by atoms with van der Waals surface area (Å²) in [5.41, 5.74) is 3.37. The molecule has 0 unspecified atom stereocenters. The molecule has 0 bridgehead atoms. The van der Waals surface area contributed by atoms with Crippen LogP contribution in [0.5, 0.6) is 0 Å². The van der Waals surface area contributed by atoms with E-state index in [0.717, 1.165) is 11.3 Å². The first kappa shape index (κ1) is 17.8. The predicted octanol–water partition coefficient (Wildman–Crippen LogP) is 4.26. The molecule has 0 aliphatic heterocycles. The van der Waals surface area contributed by atoms with Gasteiger partial charge in [-0.05, 0) is 30.2 Å². The number of nitrogens with zero attached hydrogens (tertiary/aromatic N) is 3. The van der Waals surface area contributed by atoms with E-state index in [-0.39, 0.29) is 5.56 Å². The van der Waals surface area contributed by atoms with Crippen LogP contribution in [0.15, 0.2) is 64.5 Å². The summed E-state index contributed by atoms with van der Waals surface area (Å²) in [6.07, 6.45) is 0.479. The van der Waals surface area contributed by atoms with Gasteiger partial charge in [-0.25, -0.2) is 4.98 Å². The van der Waals surface area contributed by atoms with Gasteiger partial charge in [0, 0.05) is 22.8 Å². The van der Waals surface area contributed by atoms with Crippen molar-refractivity contribution in [3.05, 3.63) is 92.4 Å². The minimum Gasteiger partial charge on any atom is -0.267 e. The number of aryl methyl sites for hydroxylation is 1. The molecule has 0 spiro atoms. The molecule has 0 aliphatic carbocycles. The van der Waals surface area contributed by atoms with Crippen molar-refractivity contribution in [2.24, 2.45) is 0 Å². The number of hydrogen-bond acceptors (Lipinski definition) is 4. The van der Waals surface area contributed by atoms with Crippen LogP contribution in [0, 0.1) is 6.92 Å². The SMILES string of the molecule is Cc1nc2nc(SCc3ccccc3)[nH]n2c(=O)c1Cc1cccc(Cl)c1. The standard InChI is InChI=1S/C20H17ClN4OS/c1-13-17(11-15-8-5-9-16(21)10-15)18(26)25-19(22-13)23-20(24-25)27-12-14-6-3-2-4-7-14/h2-10H,11-12H2,1H3,(H,22,23,24). The van der Waals surface area contributed by atoms with E-state index in [1.807, 2.05) is 49.4 Å². The molecule has 136 valence electrons. The highest BCUT2D eigenvalue weighted by molar-refractivity contribution is 7.98. The van der Waals surface area contributed by atoms with Crippen LogP contribution in [0.1, 0.15) is 22.4 Å². The molecule has 2 heterocycles. The Labute approximate surface area is 165 Å². The van der Waals surface area contributed by atoms with Gasteiger partial charge in [-0.3, -0.25) is 9.89 Å². The van der Waals surface area contributed by atoms with E-state index >= 15 is 0 Å². The Morgan fingerprint density at radius 3 is 2.63 bits per heavy atom. The Balaban J connectivity index is 1.64. The predicted molar refractivity (Wildman–Crippen MR) is 109 cm³/mol. The summed E-state index contributed by atoms with van der Waals surface area (Å²) in [6.45, 7) is 1.84. The number of H-pyrrole nitrogens is 1. The van der Waals surface area contributed by atoms with Crippen molar-refractivity contribution in [2.75, 3.05) is 0 Å². The zero-order valence-electron chi connectivity index (χ0n) is 14.6. The number of fused-ring (bicyclic) bond motifs is 1. The van der Waals surface area contributed by atoms with Crippen molar-refractivity contribution in [1.29, 1.82) is 0 Å². The van der Waals surface area contributed by atoms with Crippen LogP contribution in [-0.4, -0.2) is 19.6 Å². The third-order valence-electron chi connectivity index (χ3n) is 4.26. The summed E-state index contributed by atoms with van der Waals surface area (Å²) in [6, 6.07) is 17.6. The van der Waals surface area contributed by atoms with E-state index in [4.69, 9.17) is 11.6 Å². The molecule has 0 aliphatic rings. The van der Waals surface area contributed by atoms with Crippen LogP contribution >= 0.6 is 23.4 Å². The maximum Gasteiger partial charge on any atom is 0.277 e. The quantitative estimate of drug-likeness (QED) is 0.512. The number of nitrogens with one attached hydrogen (secondary N) is 1. The number of benzene rings is 2. The number of aromatic amines is 1. The zero-order valence-corrected chi connectivity index (χ0v) is 16.2. The third-order valence-corrected chi connectivity index (χ3v) is 5.43. The van der Waals surface area contributed by atoms with Crippen molar-refractivity contribution >= 4 is 29.1 Å². The number of rotatable bonds is 5. The molecule has 0 amide bonds. The van der Waals surface area contributed by atoms with Gasteiger partial charge in [0.1, 0.15) is 0 Å². The Morgan fingerprint density at radius 1 is 1.07 bits per heavy atom. The van der Waals surface area contributed by atoms with Gasteiger partial charge >= 0.3 is 0 Å². The molecule has 1 N–H and O–H groups in total. The van der Waals surface area contributed by atoms with Crippen molar-refractivity contribution < 1.29 is 0 Å². The lowest BCUT2D eigenvalue weighted by molar-refractivity contribution is 0.825. The lowest BCUT2D eigenvalue weighted by Gasteiger charge is -2.05. The second-order valence-electron chi connectivity index (χ2n) is 6.23. The lowest BCUT2D eigenvalue weighted by atomic mass is 10.1. The summed E-state index contributed by atoms with van der Waals surface area (Å²) < 4.78 is 1.42. The molecule has 2 aromatic carbocycles. The van der Waals surface area contributed by atoms with Gasteiger partial charge in [-0.2, -0.15) is 9.50 Å². The molecule has 4 aromatic rings. The highest BCUT2D eigenvalue weighted by Crippen LogP contribution is 2.20. The van der Waals surface area contributed by atoms with Crippen LogP contribution < -0.4 is 5.56 Å². The summed E-state index contributed by atoms with van der Waals surface area (Å²) >= 11 is 7.60. The van der Waals surface area contributed by atoms with E-state index in [2.05, 4.69) is 27.2 Å². The van der Waals surface area contributed by atoms with Gasteiger partial charge in [0.2, 0.25) is 0 Å². The smallest absolute Gasteiger partial charge is 0.267 e. The molecule has 5 nitrogen and oxygen atoms in total. The molecule has 0 saturated heterocycles. The summed E-state index contributed by atoms with van der Waals surface area (Å²) in [5.74, 6) is 1.16. The summed E-state index contributed by atoms with van der Waals surface area (Å²) in [4.78, 5) is 21.9. The average Bonchev–Trinajstić information content (AvgIpc) is 3.07. The molecule has 0 saturated carbocycles. The van der Waals surface area contributed by atoms with E-state index < -0.39 is 0 Å². The maximum atomic E-state index is 12.9. The second-order valence-corrected chi connectivity index (χ2v) is 7.63. The second kappa shape index (κ2) is 7.58. The minimum atomic E-state index is -0.128. The molecular formula is C20H17ClN4OS. The van der Waals surface area contributed by atoms with Gasteiger partial charge in [0.15, 0.2) is 5.16 Å². The number of thioether (sulfide) groups is 1. The van der Waals surface area contributed by atoms with Gasteiger partial charge in [-0.15, -0.1) is 0 Å². The van der Waals surface area contributed by atoms with Crippen molar-refractivity contribution in [1.82, 2.24) is 19.6 Å². The Bertz CT molecular complexity index is 1150. The van der Waals surface area contributed by atoms with Gasteiger partial charge in [0.05, 0.1) is 5.69 Å². The largest absolute Gasteiger partial charge is 0.277 e. The van der Waals surface area contributed by atoms with Crippen LogP contribution in [0.4, 0.5) is 0 Å². The molecule has 0 fully saturated rings. The maximum absolute atomic E-state index is 12.9. The molecule has 27 heavy (non-hydrogen) atoms. The van der Waals surface area contributed by atoms with Crippen LogP contribution in [0.3, 0.4) is 0 Å². The van der Waals surface area contributed by atoms with Crippen LogP contribution in [0.25, 0.3) is 5.78 Å². The number of aromatic nitrogens is 4. The van der Waals surface area contributed by atoms with Crippen LogP contribution in [0.2, 0.25) is 5.02 Å². The van der Waals surface area contributed by atoms with Crippen molar-refractivity contribution in [3.8, 4) is 0 Å². The monoisotopic (exact) mass is 396 g/mol. The molecule has 2 aromatic heterocycles. The first-order valence-corrected chi connectivity index (χ1v) is 9.86. The highest BCUT2D eigenvalue weighted by Gasteiger charge is 2.14. The highest BCUT2D eigenvalue weighted by atomic mass is 35.5. The Kier molecular flexibility index (Phi) is 5.01. The van der Waals surface area contributed by atoms with Crippen molar-refractivity contribution in [3.63, 3.8) is 0 Å². The van der Waals surface area contributed by atoms with E-state index in [1.54, 1.807) is 11.8 Å². The van der Waals surface area contributed by atoms with Gasteiger partial charge in [-0.1, -0.05) is 65.8 Å². The lowest BCUT2D eigenvalue weighted by Crippen LogP contribution is -2.22. The minimum absolute atomic E-state index is 0.128. The summed E-state index contributed by atoms with van der Waals surface area (Å²) in [5, 5.41) is 4.39. The van der Waals surface area contributed by atoms with Crippen LogP contribution in [-0.2, 0) is 12.2 Å². The van der Waals surface area contributed by atoms with Gasteiger partial charge in [0.25, 0.3) is 11.3 Å². The van der Waals surface area contributed by atoms with Crippen molar-refractivity contribution in [2.45, 2.75) is 24.3 Å². The summed E-state index contributed by atoms with van der Waals surface area (Å²) in [7, 11) is 0. The molecule has 4 rings (SSSR count). The zero-order chi connectivity index (χ0) is 18.8. The van der Waals surface area contributed by atoms with E-state index in [0.29, 0.717) is 33.6 Å². The molecular weight excluding hydrogens is 380 g/mol. The molecule has 7 heteroatoms.